The summed E-state index contributed by atoms with van der Waals surface area (Å²) in [5.41, 5.74) is 0.958. The summed E-state index contributed by atoms with van der Waals surface area (Å²) in [5.74, 6) is -2.30. The summed E-state index contributed by atoms with van der Waals surface area (Å²) in [6.45, 7) is 3.98. The number of hydrogen-bond donors (Lipinski definition) is 1. The van der Waals surface area contributed by atoms with Gasteiger partial charge < -0.3 is 19.5 Å². The van der Waals surface area contributed by atoms with E-state index in [9.17, 15) is 18.4 Å². The maximum absolute atomic E-state index is 14.0. The lowest BCUT2D eigenvalue weighted by molar-refractivity contribution is 0.0944. The van der Waals surface area contributed by atoms with Crippen LogP contribution in [0.25, 0.3) is 0 Å². The van der Waals surface area contributed by atoms with Crippen LogP contribution in [0.15, 0.2) is 30.3 Å². The molecule has 2 aromatic carbocycles. The quantitative estimate of drug-likeness (QED) is 0.715. The number of methoxy groups -OCH3 is 2. The molecule has 32 heavy (non-hydrogen) atoms. The number of amides is 2. The van der Waals surface area contributed by atoms with Crippen molar-refractivity contribution in [3.63, 3.8) is 0 Å². The predicted octanol–water partition coefficient (Wildman–Crippen LogP) is 4.25. The smallest absolute Gasteiger partial charge is 0.414 e. The SMILES string of the molecule is CCOC(=O)N1c2cc(OC)c(OC)cc2C(CNC(=O)c2cccc(F)c2F)CC1C. The van der Waals surface area contributed by atoms with Gasteiger partial charge in [-0.2, -0.15) is 0 Å². The molecule has 0 aliphatic carbocycles. The number of nitrogens with one attached hydrogen (secondary N) is 1. The molecule has 9 heteroatoms. The summed E-state index contributed by atoms with van der Waals surface area (Å²) in [7, 11) is 3.00. The fraction of sp³-hybridized carbons (Fsp3) is 0.391. The van der Waals surface area contributed by atoms with Crippen molar-refractivity contribution in [2.75, 3.05) is 32.3 Å². The van der Waals surface area contributed by atoms with Crippen LogP contribution in [-0.2, 0) is 4.74 Å². The molecule has 1 aliphatic rings. The molecule has 0 fully saturated rings. The molecule has 2 aromatic rings. The fourth-order valence-corrected chi connectivity index (χ4v) is 3.96. The van der Waals surface area contributed by atoms with Crippen molar-refractivity contribution in [2.45, 2.75) is 32.2 Å². The van der Waals surface area contributed by atoms with E-state index in [4.69, 9.17) is 14.2 Å². The van der Waals surface area contributed by atoms with E-state index < -0.39 is 23.6 Å². The van der Waals surface area contributed by atoms with Gasteiger partial charge in [0.05, 0.1) is 32.1 Å². The number of nitrogens with zero attached hydrogens (tertiary/aromatic N) is 1. The van der Waals surface area contributed by atoms with Crippen LogP contribution in [0.3, 0.4) is 0 Å². The first-order chi connectivity index (χ1) is 15.3. The summed E-state index contributed by atoms with van der Waals surface area (Å²) in [4.78, 5) is 26.7. The number of anilines is 1. The van der Waals surface area contributed by atoms with Crippen LogP contribution in [0, 0.1) is 11.6 Å². The summed E-state index contributed by atoms with van der Waals surface area (Å²) >= 11 is 0. The molecule has 0 bridgehead atoms. The molecule has 0 aromatic heterocycles. The molecule has 2 unspecified atom stereocenters. The van der Waals surface area contributed by atoms with Crippen molar-refractivity contribution in [3.8, 4) is 11.5 Å². The Hall–Kier alpha value is -3.36. The molecular weight excluding hydrogens is 422 g/mol. The van der Waals surface area contributed by atoms with Crippen LogP contribution in [0.2, 0.25) is 0 Å². The van der Waals surface area contributed by atoms with Gasteiger partial charge in [0, 0.05) is 24.6 Å². The minimum absolute atomic E-state index is 0.151. The average Bonchev–Trinajstić information content (AvgIpc) is 2.78. The van der Waals surface area contributed by atoms with Gasteiger partial charge in [0.25, 0.3) is 5.91 Å². The van der Waals surface area contributed by atoms with E-state index in [1.54, 1.807) is 24.0 Å². The highest BCUT2D eigenvalue weighted by Gasteiger charge is 2.36. The Morgan fingerprint density at radius 3 is 2.50 bits per heavy atom. The third-order valence-electron chi connectivity index (χ3n) is 5.47. The first-order valence-electron chi connectivity index (χ1n) is 10.3. The molecule has 3 rings (SSSR count). The zero-order chi connectivity index (χ0) is 23.4. The zero-order valence-corrected chi connectivity index (χ0v) is 18.4. The minimum Gasteiger partial charge on any atom is -0.493 e. The number of carbonyl (C=O) groups is 2. The second-order valence-corrected chi connectivity index (χ2v) is 7.43. The Morgan fingerprint density at radius 1 is 1.16 bits per heavy atom. The number of fused-ring (bicyclic) bond motifs is 1. The van der Waals surface area contributed by atoms with Crippen LogP contribution in [0.5, 0.6) is 11.5 Å². The largest absolute Gasteiger partial charge is 0.493 e. The van der Waals surface area contributed by atoms with E-state index in [1.165, 1.54) is 26.4 Å². The third-order valence-corrected chi connectivity index (χ3v) is 5.47. The van der Waals surface area contributed by atoms with Gasteiger partial charge >= 0.3 is 6.09 Å². The zero-order valence-electron chi connectivity index (χ0n) is 18.4. The van der Waals surface area contributed by atoms with Crippen LogP contribution >= 0.6 is 0 Å². The monoisotopic (exact) mass is 448 g/mol. The van der Waals surface area contributed by atoms with E-state index in [2.05, 4.69) is 5.32 Å². The lowest BCUT2D eigenvalue weighted by Gasteiger charge is -2.39. The van der Waals surface area contributed by atoms with Crippen LogP contribution in [0.4, 0.5) is 19.3 Å². The molecule has 2 atom stereocenters. The molecule has 0 saturated heterocycles. The second kappa shape index (κ2) is 9.84. The molecular formula is C23H26F2N2O5. The Labute approximate surface area is 185 Å². The molecule has 0 radical (unpaired) electrons. The maximum Gasteiger partial charge on any atom is 0.414 e. The summed E-state index contributed by atoms with van der Waals surface area (Å²) in [6, 6.07) is 6.66. The molecule has 172 valence electrons. The fourth-order valence-electron chi connectivity index (χ4n) is 3.96. The van der Waals surface area contributed by atoms with Gasteiger partial charge in [0.2, 0.25) is 0 Å². The van der Waals surface area contributed by atoms with Crippen molar-refractivity contribution in [3.05, 3.63) is 53.1 Å². The number of halogens is 2. The van der Waals surface area contributed by atoms with Crippen LogP contribution < -0.4 is 19.7 Å². The number of ether oxygens (including phenoxy) is 3. The molecule has 0 saturated carbocycles. The Bertz CT molecular complexity index is 1010. The predicted molar refractivity (Wildman–Crippen MR) is 115 cm³/mol. The maximum atomic E-state index is 14.0. The van der Waals surface area contributed by atoms with Crippen molar-refractivity contribution in [2.24, 2.45) is 0 Å². The molecule has 2 amide bonds. The highest BCUT2D eigenvalue weighted by Crippen LogP contribution is 2.44. The van der Waals surface area contributed by atoms with Crippen molar-refractivity contribution in [1.29, 1.82) is 0 Å². The van der Waals surface area contributed by atoms with Gasteiger partial charge in [-0.15, -0.1) is 0 Å². The highest BCUT2D eigenvalue weighted by molar-refractivity contribution is 5.94. The van der Waals surface area contributed by atoms with Gasteiger partial charge in [0.15, 0.2) is 23.1 Å². The van der Waals surface area contributed by atoms with E-state index in [0.717, 1.165) is 11.6 Å². The highest BCUT2D eigenvalue weighted by atomic mass is 19.2. The van der Waals surface area contributed by atoms with E-state index in [0.29, 0.717) is 23.6 Å². The van der Waals surface area contributed by atoms with Crippen molar-refractivity contribution in [1.82, 2.24) is 5.32 Å². The Kier molecular flexibility index (Phi) is 7.17. The van der Waals surface area contributed by atoms with Gasteiger partial charge in [-0.3, -0.25) is 9.69 Å². The molecule has 7 nitrogen and oxygen atoms in total. The number of hydrogen-bond acceptors (Lipinski definition) is 5. The van der Waals surface area contributed by atoms with E-state index in [1.807, 2.05) is 6.92 Å². The van der Waals surface area contributed by atoms with Gasteiger partial charge in [-0.05, 0) is 44.0 Å². The first kappa shape index (κ1) is 23.3. The first-order valence-corrected chi connectivity index (χ1v) is 10.3. The summed E-state index contributed by atoms with van der Waals surface area (Å²) < 4.78 is 43.5. The lowest BCUT2D eigenvalue weighted by Crippen LogP contribution is -2.45. The standard InChI is InChI=1S/C23H26F2N2O5/c1-5-32-23(29)27-13(2)9-14(16-10-19(30-3)20(31-4)11-18(16)27)12-26-22(28)15-7-6-8-17(24)21(15)25/h6-8,10-11,13-14H,5,9,12H2,1-4H3,(H,26,28). The topological polar surface area (TPSA) is 77.1 Å². The van der Waals surface area contributed by atoms with Gasteiger partial charge in [0.1, 0.15) is 0 Å². The molecule has 1 aliphatic heterocycles. The summed E-state index contributed by atoms with van der Waals surface area (Å²) in [5, 5.41) is 2.68. The van der Waals surface area contributed by atoms with Crippen molar-refractivity contribution < 1.29 is 32.6 Å². The van der Waals surface area contributed by atoms with Gasteiger partial charge in [-0.1, -0.05) is 6.07 Å². The van der Waals surface area contributed by atoms with Crippen LogP contribution in [0.1, 0.15) is 42.1 Å². The van der Waals surface area contributed by atoms with E-state index >= 15 is 0 Å². The number of benzene rings is 2. The Morgan fingerprint density at radius 2 is 1.84 bits per heavy atom. The molecule has 1 heterocycles. The third kappa shape index (κ3) is 4.46. The van der Waals surface area contributed by atoms with Gasteiger partial charge in [-0.25, -0.2) is 13.6 Å². The second-order valence-electron chi connectivity index (χ2n) is 7.43. The normalized spacial score (nSPS) is 17.4. The Balaban J connectivity index is 1.93. The number of carbonyl (C=O) groups excluding carboxylic acids is 2. The lowest BCUT2D eigenvalue weighted by atomic mass is 9.85. The van der Waals surface area contributed by atoms with Crippen molar-refractivity contribution >= 4 is 17.7 Å². The molecule has 0 spiro atoms. The van der Waals surface area contributed by atoms with E-state index in [-0.39, 0.29) is 30.7 Å². The summed E-state index contributed by atoms with van der Waals surface area (Å²) in [6.07, 6.45) is 0.0190. The molecule has 1 N–H and O–H groups in total. The average molecular weight is 448 g/mol. The van der Waals surface area contributed by atoms with Crippen LogP contribution in [-0.4, -0.2) is 45.4 Å². The number of rotatable bonds is 6. The minimum atomic E-state index is -1.19.